The molecule has 156 valence electrons. The maximum Gasteiger partial charge on any atom is 0.271 e. The molecule has 1 rings (SSSR count). The van der Waals surface area contributed by atoms with E-state index in [1.165, 1.54) is 45.4 Å². The highest BCUT2D eigenvalue weighted by Gasteiger charge is 2.27. The molecule has 1 N–H and O–H groups in total. The van der Waals surface area contributed by atoms with E-state index >= 15 is 0 Å². The van der Waals surface area contributed by atoms with Crippen molar-refractivity contribution < 1.29 is 17.7 Å². The molecule has 1 aromatic rings. The van der Waals surface area contributed by atoms with Crippen LogP contribution >= 0.6 is 0 Å². The quantitative estimate of drug-likeness (QED) is 0.309. The van der Waals surface area contributed by atoms with Crippen LogP contribution in [-0.4, -0.2) is 24.3 Å². The summed E-state index contributed by atoms with van der Waals surface area (Å²) in [5, 5.41) is -0.960. The van der Waals surface area contributed by atoms with Crippen LogP contribution in [0.3, 0.4) is 0 Å². The van der Waals surface area contributed by atoms with Crippen molar-refractivity contribution in [1.82, 2.24) is 0 Å². The summed E-state index contributed by atoms with van der Waals surface area (Å²) in [4.78, 5) is 0. The number of ether oxygens (including phenoxy) is 1. The van der Waals surface area contributed by atoms with Gasteiger partial charge in [-0.25, -0.2) is 0 Å². The molecule has 0 fully saturated rings. The molecule has 0 aliphatic rings. The Labute approximate surface area is 166 Å². The second kappa shape index (κ2) is 12.4. The fourth-order valence-electron chi connectivity index (χ4n) is 3.19. The monoisotopic (exact) mass is 398 g/mol. The normalized spacial score (nSPS) is 14.1. The topological polar surface area (TPSA) is 63.6 Å². The first-order valence-corrected chi connectivity index (χ1v) is 12.0. The molecule has 1 aromatic carbocycles. The van der Waals surface area contributed by atoms with Crippen molar-refractivity contribution in [2.24, 2.45) is 0 Å². The molecule has 27 heavy (non-hydrogen) atoms. The molecule has 0 aliphatic carbocycles. The maximum atomic E-state index is 11.5. The summed E-state index contributed by atoms with van der Waals surface area (Å²) in [6.45, 7) is 7.60. The molecule has 0 heterocycles. The van der Waals surface area contributed by atoms with Crippen molar-refractivity contribution >= 4 is 10.1 Å². The fourth-order valence-corrected chi connectivity index (χ4v) is 3.73. The van der Waals surface area contributed by atoms with Crippen molar-refractivity contribution in [3.8, 4) is 5.75 Å². The summed E-state index contributed by atoms with van der Waals surface area (Å²) in [6, 6.07) is 6.25. The lowest BCUT2D eigenvalue weighted by Gasteiger charge is -2.23. The third-order valence-corrected chi connectivity index (χ3v) is 6.54. The molecule has 0 radical (unpaired) electrons. The van der Waals surface area contributed by atoms with Gasteiger partial charge < -0.3 is 4.74 Å². The standard InChI is InChI=1S/C22H38O4S/c1-5-7-9-11-14-20-16-13-17-21(15-12-10-8-6-2)22(20)26-18(3)19(4)27(23,24)25/h13,16-19H,5-12,14-15H2,1-4H3,(H,23,24,25). The van der Waals surface area contributed by atoms with E-state index in [-0.39, 0.29) is 0 Å². The van der Waals surface area contributed by atoms with Crippen molar-refractivity contribution in [2.75, 3.05) is 0 Å². The number of unbranched alkanes of at least 4 members (excludes halogenated alkanes) is 6. The third-order valence-electron chi connectivity index (χ3n) is 5.21. The Bertz CT molecular complexity index is 609. The lowest BCUT2D eigenvalue weighted by atomic mass is 9.98. The Morgan fingerprint density at radius 3 is 1.78 bits per heavy atom. The summed E-state index contributed by atoms with van der Waals surface area (Å²) in [5.74, 6) is 0.827. The highest BCUT2D eigenvalue weighted by Crippen LogP contribution is 2.30. The van der Waals surface area contributed by atoms with Crippen LogP contribution in [-0.2, 0) is 23.0 Å². The Morgan fingerprint density at radius 1 is 0.889 bits per heavy atom. The van der Waals surface area contributed by atoms with Crippen LogP contribution in [0.15, 0.2) is 18.2 Å². The van der Waals surface area contributed by atoms with Gasteiger partial charge in [0.1, 0.15) is 17.1 Å². The van der Waals surface area contributed by atoms with E-state index in [1.54, 1.807) is 6.92 Å². The van der Waals surface area contributed by atoms with E-state index < -0.39 is 21.5 Å². The SMILES string of the molecule is CCCCCCc1cccc(CCCCCC)c1OC(C)C(C)S(=O)(=O)O. The van der Waals surface area contributed by atoms with Crippen LogP contribution in [0.5, 0.6) is 5.75 Å². The van der Waals surface area contributed by atoms with Gasteiger partial charge in [-0.1, -0.05) is 70.6 Å². The number of rotatable bonds is 14. The van der Waals surface area contributed by atoms with Gasteiger partial charge in [0, 0.05) is 0 Å². The highest BCUT2D eigenvalue weighted by atomic mass is 32.2. The van der Waals surface area contributed by atoms with Gasteiger partial charge in [0.25, 0.3) is 10.1 Å². The van der Waals surface area contributed by atoms with Crippen LogP contribution in [0.2, 0.25) is 0 Å². The molecule has 0 amide bonds. The van der Waals surface area contributed by atoms with E-state index in [0.717, 1.165) is 42.6 Å². The van der Waals surface area contributed by atoms with Gasteiger partial charge >= 0.3 is 0 Å². The molecule has 5 heteroatoms. The molecular formula is C22H38O4S. The van der Waals surface area contributed by atoms with Crippen molar-refractivity contribution in [3.63, 3.8) is 0 Å². The van der Waals surface area contributed by atoms with Crippen molar-refractivity contribution in [2.45, 2.75) is 103 Å². The van der Waals surface area contributed by atoms with Crippen LogP contribution < -0.4 is 4.74 Å². The lowest BCUT2D eigenvalue weighted by Crippen LogP contribution is -2.33. The highest BCUT2D eigenvalue weighted by molar-refractivity contribution is 7.86. The van der Waals surface area contributed by atoms with Crippen molar-refractivity contribution in [3.05, 3.63) is 29.3 Å². The van der Waals surface area contributed by atoms with E-state index in [0.29, 0.717) is 0 Å². The predicted molar refractivity (Wildman–Crippen MR) is 113 cm³/mol. The van der Waals surface area contributed by atoms with E-state index in [9.17, 15) is 13.0 Å². The zero-order valence-electron chi connectivity index (χ0n) is 17.5. The Hall–Kier alpha value is -1.07. The average Bonchev–Trinajstić information content (AvgIpc) is 2.62. The van der Waals surface area contributed by atoms with E-state index in [2.05, 4.69) is 32.0 Å². The number of aryl methyl sites for hydroxylation is 2. The minimum atomic E-state index is -4.12. The second-order valence-corrected chi connectivity index (χ2v) is 9.34. The molecule has 4 nitrogen and oxygen atoms in total. The average molecular weight is 399 g/mol. The summed E-state index contributed by atoms with van der Waals surface area (Å²) in [6.07, 6.45) is 10.7. The zero-order chi connectivity index (χ0) is 20.3. The van der Waals surface area contributed by atoms with Crippen LogP contribution in [0.1, 0.15) is 90.2 Å². The van der Waals surface area contributed by atoms with Gasteiger partial charge in [0.2, 0.25) is 0 Å². The molecule has 0 aliphatic heterocycles. The molecule has 2 atom stereocenters. The lowest BCUT2D eigenvalue weighted by molar-refractivity contribution is 0.210. The first kappa shape index (κ1) is 24.0. The number of benzene rings is 1. The van der Waals surface area contributed by atoms with Gasteiger partial charge in [-0.3, -0.25) is 4.55 Å². The zero-order valence-corrected chi connectivity index (χ0v) is 18.4. The number of hydrogen-bond acceptors (Lipinski definition) is 3. The summed E-state index contributed by atoms with van der Waals surface area (Å²) in [7, 11) is -4.12. The smallest absolute Gasteiger partial charge is 0.271 e. The fraction of sp³-hybridized carbons (Fsp3) is 0.727. The van der Waals surface area contributed by atoms with Gasteiger partial charge in [0.05, 0.1) is 0 Å². The Balaban J connectivity index is 2.97. The number of hydrogen-bond donors (Lipinski definition) is 1. The molecular weight excluding hydrogens is 360 g/mol. The first-order chi connectivity index (χ1) is 12.8. The van der Waals surface area contributed by atoms with Gasteiger partial charge in [0.15, 0.2) is 0 Å². The largest absolute Gasteiger partial charge is 0.489 e. The second-order valence-electron chi connectivity index (χ2n) is 7.57. The van der Waals surface area contributed by atoms with Crippen LogP contribution in [0.4, 0.5) is 0 Å². The predicted octanol–water partition coefficient (Wildman–Crippen LogP) is 5.98. The van der Waals surface area contributed by atoms with E-state index in [4.69, 9.17) is 4.74 Å². The van der Waals surface area contributed by atoms with Gasteiger partial charge in [-0.2, -0.15) is 8.42 Å². The molecule has 0 bridgehead atoms. The maximum absolute atomic E-state index is 11.5. The Morgan fingerprint density at radius 2 is 1.37 bits per heavy atom. The summed E-state index contributed by atoms with van der Waals surface area (Å²) < 4.78 is 38.5. The summed E-state index contributed by atoms with van der Waals surface area (Å²) in [5.41, 5.74) is 2.29. The van der Waals surface area contributed by atoms with Crippen molar-refractivity contribution in [1.29, 1.82) is 0 Å². The minimum absolute atomic E-state index is 0.605. The molecule has 0 aromatic heterocycles. The van der Waals surface area contributed by atoms with Crippen LogP contribution in [0, 0.1) is 0 Å². The van der Waals surface area contributed by atoms with Gasteiger partial charge in [-0.15, -0.1) is 0 Å². The summed E-state index contributed by atoms with van der Waals surface area (Å²) >= 11 is 0. The molecule has 0 saturated heterocycles. The van der Waals surface area contributed by atoms with Crippen LogP contribution in [0.25, 0.3) is 0 Å². The molecule has 0 saturated carbocycles. The Kier molecular flexibility index (Phi) is 11.0. The number of para-hydroxylation sites is 1. The third kappa shape index (κ3) is 8.65. The molecule has 2 unspecified atom stereocenters. The minimum Gasteiger partial charge on any atom is -0.489 e. The first-order valence-electron chi connectivity index (χ1n) is 10.5. The van der Waals surface area contributed by atoms with Gasteiger partial charge in [-0.05, 0) is 50.7 Å². The van der Waals surface area contributed by atoms with E-state index in [1.807, 2.05) is 0 Å². The molecule has 0 spiro atoms.